The standard InChI is InChI=1S/C13H30N2/c1-2-3-4-8-13(10-7-12-15)9-5-6-11-14/h13H,2-12,14-15H2,1H3. The highest BCUT2D eigenvalue weighted by molar-refractivity contribution is 4.61. The van der Waals surface area contributed by atoms with E-state index in [0.29, 0.717) is 0 Å². The number of hydrogen-bond acceptors (Lipinski definition) is 2. The Morgan fingerprint density at radius 3 is 1.80 bits per heavy atom. The molecule has 0 aromatic rings. The molecule has 0 aromatic heterocycles. The molecule has 1 atom stereocenters. The van der Waals surface area contributed by atoms with Crippen LogP contribution in [0.1, 0.15) is 64.7 Å². The van der Waals surface area contributed by atoms with Crippen LogP contribution >= 0.6 is 0 Å². The third kappa shape index (κ3) is 10.2. The van der Waals surface area contributed by atoms with E-state index >= 15 is 0 Å². The van der Waals surface area contributed by atoms with Gasteiger partial charge in [-0.15, -0.1) is 0 Å². The fraction of sp³-hybridized carbons (Fsp3) is 1.00. The number of unbranched alkanes of at least 4 members (excludes halogenated alkanes) is 3. The lowest BCUT2D eigenvalue weighted by Gasteiger charge is -2.16. The van der Waals surface area contributed by atoms with Crippen molar-refractivity contribution in [1.29, 1.82) is 0 Å². The Balaban J connectivity index is 3.53. The summed E-state index contributed by atoms with van der Waals surface area (Å²) in [5, 5.41) is 0. The van der Waals surface area contributed by atoms with Crippen LogP contribution in [-0.4, -0.2) is 13.1 Å². The van der Waals surface area contributed by atoms with Gasteiger partial charge in [0.05, 0.1) is 0 Å². The molecule has 0 spiro atoms. The summed E-state index contributed by atoms with van der Waals surface area (Å²) in [4.78, 5) is 0. The van der Waals surface area contributed by atoms with E-state index in [2.05, 4.69) is 6.92 Å². The van der Waals surface area contributed by atoms with Crippen molar-refractivity contribution in [2.24, 2.45) is 17.4 Å². The van der Waals surface area contributed by atoms with Gasteiger partial charge in [0, 0.05) is 0 Å². The average molecular weight is 214 g/mol. The van der Waals surface area contributed by atoms with Crippen molar-refractivity contribution >= 4 is 0 Å². The van der Waals surface area contributed by atoms with Crippen LogP contribution in [0, 0.1) is 5.92 Å². The maximum absolute atomic E-state index is 5.57. The van der Waals surface area contributed by atoms with Gasteiger partial charge in [-0.25, -0.2) is 0 Å². The first-order chi connectivity index (χ1) is 7.35. The minimum absolute atomic E-state index is 0.846. The van der Waals surface area contributed by atoms with Crippen molar-refractivity contribution < 1.29 is 0 Å². The second kappa shape index (κ2) is 12.0. The van der Waals surface area contributed by atoms with Crippen LogP contribution in [0.25, 0.3) is 0 Å². The third-order valence-electron chi connectivity index (χ3n) is 3.10. The summed E-state index contributed by atoms with van der Waals surface area (Å²) in [5.41, 5.74) is 11.1. The van der Waals surface area contributed by atoms with E-state index in [1.807, 2.05) is 0 Å². The Labute approximate surface area is 95.8 Å². The molecule has 1 unspecified atom stereocenters. The van der Waals surface area contributed by atoms with Gasteiger partial charge in [-0.3, -0.25) is 0 Å². The zero-order valence-electron chi connectivity index (χ0n) is 10.5. The summed E-state index contributed by atoms with van der Waals surface area (Å²) in [6.45, 7) is 3.96. The van der Waals surface area contributed by atoms with Crippen molar-refractivity contribution in [3.8, 4) is 0 Å². The number of rotatable bonds is 11. The van der Waals surface area contributed by atoms with Crippen molar-refractivity contribution in [3.63, 3.8) is 0 Å². The molecule has 2 nitrogen and oxygen atoms in total. The second-order valence-electron chi connectivity index (χ2n) is 4.58. The highest BCUT2D eigenvalue weighted by Crippen LogP contribution is 2.21. The number of hydrogen-bond donors (Lipinski definition) is 2. The first kappa shape index (κ1) is 14.9. The van der Waals surface area contributed by atoms with Crippen molar-refractivity contribution in [1.82, 2.24) is 0 Å². The quantitative estimate of drug-likeness (QED) is 0.519. The molecule has 0 saturated heterocycles. The summed E-state index contributed by atoms with van der Waals surface area (Å²) in [6, 6.07) is 0. The molecule has 0 amide bonds. The average Bonchev–Trinajstić information content (AvgIpc) is 2.25. The SMILES string of the molecule is CCCCCC(CCCN)CCCCN. The first-order valence-electron chi connectivity index (χ1n) is 6.75. The molecule has 0 saturated carbocycles. The maximum Gasteiger partial charge on any atom is -0.00772 e. The predicted octanol–water partition coefficient (Wildman–Crippen LogP) is 3.05. The zero-order chi connectivity index (χ0) is 11.4. The maximum atomic E-state index is 5.57. The van der Waals surface area contributed by atoms with Crippen LogP contribution in [0.5, 0.6) is 0 Å². The lowest BCUT2D eigenvalue weighted by atomic mass is 9.91. The highest BCUT2D eigenvalue weighted by Gasteiger charge is 2.07. The minimum atomic E-state index is 0.846. The molecule has 0 heterocycles. The monoisotopic (exact) mass is 214 g/mol. The zero-order valence-corrected chi connectivity index (χ0v) is 10.5. The van der Waals surface area contributed by atoms with Crippen LogP contribution in [0.15, 0.2) is 0 Å². The van der Waals surface area contributed by atoms with E-state index in [4.69, 9.17) is 11.5 Å². The van der Waals surface area contributed by atoms with Crippen LogP contribution < -0.4 is 11.5 Å². The van der Waals surface area contributed by atoms with Crippen LogP contribution in [0.4, 0.5) is 0 Å². The van der Waals surface area contributed by atoms with Gasteiger partial charge in [-0.05, 0) is 38.3 Å². The van der Waals surface area contributed by atoms with Gasteiger partial charge < -0.3 is 11.5 Å². The molecule has 0 aliphatic carbocycles. The van der Waals surface area contributed by atoms with Gasteiger partial charge in [0.15, 0.2) is 0 Å². The van der Waals surface area contributed by atoms with E-state index in [0.717, 1.165) is 19.0 Å². The van der Waals surface area contributed by atoms with E-state index in [-0.39, 0.29) is 0 Å². The molecule has 2 heteroatoms. The van der Waals surface area contributed by atoms with E-state index in [1.165, 1.54) is 57.8 Å². The predicted molar refractivity (Wildman–Crippen MR) is 68.8 cm³/mol. The highest BCUT2D eigenvalue weighted by atomic mass is 14.5. The van der Waals surface area contributed by atoms with Gasteiger partial charge in [-0.2, -0.15) is 0 Å². The molecule has 0 radical (unpaired) electrons. The normalized spacial score (nSPS) is 13.0. The van der Waals surface area contributed by atoms with Crippen molar-refractivity contribution in [2.45, 2.75) is 64.7 Å². The van der Waals surface area contributed by atoms with E-state index < -0.39 is 0 Å². The minimum Gasteiger partial charge on any atom is -0.330 e. The van der Waals surface area contributed by atoms with Crippen LogP contribution in [0.2, 0.25) is 0 Å². The van der Waals surface area contributed by atoms with Gasteiger partial charge in [0.25, 0.3) is 0 Å². The molecule has 15 heavy (non-hydrogen) atoms. The molecule has 0 aliphatic heterocycles. The molecule has 0 aliphatic rings. The van der Waals surface area contributed by atoms with Gasteiger partial charge >= 0.3 is 0 Å². The third-order valence-corrected chi connectivity index (χ3v) is 3.10. The fourth-order valence-corrected chi connectivity index (χ4v) is 2.10. The second-order valence-corrected chi connectivity index (χ2v) is 4.58. The summed E-state index contributed by atoms with van der Waals surface area (Å²) in [6.07, 6.45) is 11.9. The van der Waals surface area contributed by atoms with Gasteiger partial charge in [-0.1, -0.05) is 45.4 Å². The summed E-state index contributed by atoms with van der Waals surface area (Å²) in [5.74, 6) is 0.909. The summed E-state index contributed by atoms with van der Waals surface area (Å²) >= 11 is 0. The van der Waals surface area contributed by atoms with Crippen molar-refractivity contribution in [3.05, 3.63) is 0 Å². The summed E-state index contributed by atoms with van der Waals surface area (Å²) < 4.78 is 0. The Kier molecular flexibility index (Phi) is 11.9. The molecule has 92 valence electrons. The topological polar surface area (TPSA) is 52.0 Å². The smallest absolute Gasteiger partial charge is 0.00772 e. The molecular weight excluding hydrogens is 184 g/mol. The molecule has 0 rings (SSSR count). The lowest BCUT2D eigenvalue weighted by molar-refractivity contribution is 0.381. The molecule has 0 fully saturated rings. The molecular formula is C13H30N2. The lowest BCUT2D eigenvalue weighted by Crippen LogP contribution is -2.07. The Hall–Kier alpha value is -0.0800. The molecule has 0 aromatic carbocycles. The van der Waals surface area contributed by atoms with Gasteiger partial charge in [0.1, 0.15) is 0 Å². The van der Waals surface area contributed by atoms with E-state index in [1.54, 1.807) is 0 Å². The van der Waals surface area contributed by atoms with E-state index in [9.17, 15) is 0 Å². The molecule has 4 N–H and O–H groups in total. The number of nitrogens with two attached hydrogens (primary N) is 2. The Morgan fingerprint density at radius 2 is 1.27 bits per heavy atom. The van der Waals surface area contributed by atoms with Crippen molar-refractivity contribution in [2.75, 3.05) is 13.1 Å². The van der Waals surface area contributed by atoms with Gasteiger partial charge in [0.2, 0.25) is 0 Å². The summed E-state index contributed by atoms with van der Waals surface area (Å²) in [7, 11) is 0. The largest absolute Gasteiger partial charge is 0.330 e. The molecule has 0 bridgehead atoms. The Bertz CT molecular complexity index is 105. The first-order valence-corrected chi connectivity index (χ1v) is 6.75. The fourth-order valence-electron chi connectivity index (χ4n) is 2.10. The Morgan fingerprint density at radius 1 is 0.733 bits per heavy atom. The van der Waals surface area contributed by atoms with Crippen LogP contribution in [-0.2, 0) is 0 Å². The van der Waals surface area contributed by atoms with Crippen LogP contribution in [0.3, 0.4) is 0 Å².